The molecule has 0 spiro atoms. The minimum absolute atomic E-state index is 0.0688. The third-order valence-corrected chi connectivity index (χ3v) is 4.45. The first-order valence-corrected chi connectivity index (χ1v) is 9.33. The lowest BCUT2D eigenvalue weighted by Crippen LogP contribution is -2.23. The van der Waals surface area contributed by atoms with Crippen molar-refractivity contribution in [3.8, 4) is 28.8 Å². The third-order valence-electron chi connectivity index (χ3n) is 4.45. The number of aromatic hydroxyl groups is 1. The van der Waals surface area contributed by atoms with Crippen LogP contribution in [0, 0.1) is 0 Å². The van der Waals surface area contributed by atoms with Gasteiger partial charge in [0.2, 0.25) is 5.88 Å². The van der Waals surface area contributed by atoms with Crippen LogP contribution >= 0.6 is 0 Å². The number of rotatable bonds is 6. The molecule has 32 heavy (non-hydrogen) atoms. The molecule has 0 saturated heterocycles. The van der Waals surface area contributed by atoms with E-state index in [0.717, 1.165) is 16.7 Å². The number of ether oxygens (including phenoxy) is 2. The summed E-state index contributed by atoms with van der Waals surface area (Å²) in [7, 11) is 0. The zero-order valence-corrected chi connectivity index (χ0v) is 16.4. The molecule has 4 aromatic rings. The van der Waals surface area contributed by atoms with Crippen molar-refractivity contribution in [1.82, 2.24) is 14.1 Å². The predicted molar refractivity (Wildman–Crippen MR) is 108 cm³/mol. The van der Waals surface area contributed by atoms with E-state index in [1.165, 1.54) is 29.1 Å². The Morgan fingerprint density at radius 1 is 0.969 bits per heavy atom. The van der Waals surface area contributed by atoms with E-state index in [0.29, 0.717) is 17.1 Å². The fourth-order valence-electron chi connectivity index (χ4n) is 3.06. The molecule has 10 heteroatoms. The molecule has 164 valence electrons. The standard InChI is InChI=1S/C22H16F3N3O4/c23-22(24,25)32-18-8-6-16(7-9-18)28-20(29)14-27(21(28)30)13-15-10-11-26-12-19(15)31-17-4-2-1-3-5-17/h1-12,14,29H,13H2. The van der Waals surface area contributed by atoms with Crippen LogP contribution < -0.4 is 15.2 Å². The van der Waals surface area contributed by atoms with Gasteiger partial charge in [-0.25, -0.2) is 9.36 Å². The Balaban J connectivity index is 1.60. The number of imidazole rings is 1. The van der Waals surface area contributed by atoms with Gasteiger partial charge in [0.25, 0.3) is 0 Å². The highest BCUT2D eigenvalue weighted by Crippen LogP contribution is 2.26. The molecule has 2 aromatic carbocycles. The molecule has 0 bridgehead atoms. The largest absolute Gasteiger partial charge is 0.573 e. The molecule has 0 aliphatic rings. The molecule has 2 aromatic heterocycles. The van der Waals surface area contributed by atoms with Gasteiger partial charge in [-0.3, -0.25) is 9.55 Å². The first-order valence-electron chi connectivity index (χ1n) is 9.33. The molecule has 7 nitrogen and oxygen atoms in total. The molecule has 0 saturated carbocycles. The lowest BCUT2D eigenvalue weighted by molar-refractivity contribution is -0.274. The van der Waals surface area contributed by atoms with Crippen LogP contribution in [0.2, 0.25) is 0 Å². The van der Waals surface area contributed by atoms with Crippen LogP contribution in [-0.2, 0) is 6.54 Å². The average molecular weight is 443 g/mol. The Kier molecular flexibility index (Phi) is 5.59. The van der Waals surface area contributed by atoms with Gasteiger partial charge in [0.15, 0.2) is 5.75 Å². The SMILES string of the molecule is O=c1n(Cc2ccncc2Oc2ccccc2)cc(O)n1-c1ccc(OC(F)(F)F)cc1. The molecule has 0 atom stereocenters. The minimum Gasteiger partial charge on any atom is -0.493 e. The Labute approximate surface area is 179 Å². The Bertz CT molecular complexity index is 1270. The van der Waals surface area contributed by atoms with Gasteiger partial charge in [-0.05, 0) is 42.5 Å². The summed E-state index contributed by atoms with van der Waals surface area (Å²) in [6.45, 7) is 0.0688. The maximum atomic E-state index is 12.9. The van der Waals surface area contributed by atoms with Crippen molar-refractivity contribution in [3.05, 3.63) is 95.3 Å². The van der Waals surface area contributed by atoms with Gasteiger partial charge in [-0.2, -0.15) is 0 Å². The first kappa shape index (κ1) is 21.0. The van der Waals surface area contributed by atoms with Crippen LogP contribution in [0.4, 0.5) is 13.2 Å². The number of halogens is 3. The van der Waals surface area contributed by atoms with Gasteiger partial charge in [0.1, 0.15) is 11.5 Å². The fourth-order valence-corrected chi connectivity index (χ4v) is 3.06. The van der Waals surface area contributed by atoms with E-state index < -0.39 is 17.8 Å². The van der Waals surface area contributed by atoms with E-state index in [-0.39, 0.29) is 18.1 Å². The quantitative estimate of drug-likeness (QED) is 0.476. The molecule has 0 fully saturated rings. The van der Waals surface area contributed by atoms with Gasteiger partial charge >= 0.3 is 12.1 Å². The van der Waals surface area contributed by atoms with E-state index in [4.69, 9.17) is 4.74 Å². The van der Waals surface area contributed by atoms with Crippen LogP contribution in [0.1, 0.15) is 5.56 Å². The number of para-hydroxylation sites is 1. The van der Waals surface area contributed by atoms with Crippen LogP contribution in [0.3, 0.4) is 0 Å². The van der Waals surface area contributed by atoms with Gasteiger partial charge in [0.05, 0.1) is 24.6 Å². The monoisotopic (exact) mass is 443 g/mol. The number of hydrogen-bond acceptors (Lipinski definition) is 5. The Morgan fingerprint density at radius 3 is 2.38 bits per heavy atom. The van der Waals surface area contributed by atoms with Crippen molar-refractivity contribution in [2.24, 2.45) is 0 Å². The van der Waals surface area contributed by atoms with Crippen LogP contribution in [0.25, 0.3) is 5.69 Å². The number of hydrogen-bond donors (Lipinski definition) is 1. The molecule has 0 aliphatic carbocycles. The molecule has 0 aliphatic heterocycles. The van der Waals surface area contributed by atoms with Gasteiger partial charge in [-0.15, -0.1) is 13.2 Å². The number of aromatic nitrogens is 3. The van der Waals surface area contributed by atoms with Crippen molar-refractivity contribution in [2.45, 2.75) is 12.9 Å². The Morgan fingerprint density at radius 2 is 1.69 bits per heavy atom. The summed E-state index contributed by atoms with van der Waals surface area (Å²) in [5, 5.41) is 10.3. The maximum Gasteiger partial charge on any atom is 0.573 e. The molecule has 0 radical (unpaired) electrons. The number of benzene rings is 2. The van der Waals surface area contributed by atoms with E-state index in [1.54, 1.807) is 24.4 Å². The summed E-state index contributed by atoms with van der Waals surface area (Å²) in [4.78, 5) is 16.9. The van der Waals surface area contributed by atoms with Crippen LogP contribution in [0.15, 0.2) is 84.0 Å². The number of alkyl halides is 3. The molecule has 2 heterocycles. The summed E-state index contributed by atoms with van der Waals surface area (Å²) in [6.07, 6.45) is -0.527. The van der Waals surface area contributed by atoms with Crippen molar-refractivity contribution in [2.75, 3.05) is 0 Å². The van der Waals surface area contributed by atoms with E-state index >= 15 is 0 Å². The van der Waals surface area contributed by atoms with Gasteiger partial charge < -0.3 is 14.6 Å². The Hall–Kier alpha value is -4.21. The zero-order chi connectivity index (χ0) is 22.7. The smallest absolute Gasteiger partial charge is 0.493 e. The van der Waals surface area contributed by atoms with Crippen molar-refractivity contribution in [3.63, 3.8) is 0 Å². The summed E-state index contributed by atoms with van der Waals surface area (Å²) in [5.41, 5.74) is 0.225. The van der Waals surface area contributed by atoms with E-state index in [9.17, 15) is 23.1 Å². The lowest BCUT2D eigenvalue weighted by atomic mass is 10.2. The van der Waals surface area contributed by atoms with Gasteiger partial charge in [-0.1, -0.05) is 18.2 Å². The maximum absolute atomic E-state index is 12.9. The molecular weight excluding hydrogens is 427 g/mol. The summed E-state index contributed by atoms with van der Waals surface area (Å²) < 4.78 is 48.9. The van der Waals surface area contributed by atoms with Gasteiger partial charge in [0, 0.05) is 11.8 Å². The minimum atomic E-state index is -4.83. The van der Waals surface area contributed by atoms with Crippen molar-refractivity contribution < 1.29 is 27.8 Å². The zero-order valence-electron chi connectivity index (χ0n) is 16.4. The molecule has 0 amide bonds. The summed E-state index contributed by atoms with van der Waals surface area (Å²) >= 11 is 0. The predicted octanol–water partition coefficient (Wildman–Crippen LogP) is 4.48. The van der Waals surface area contributed by atoms with Crippen LogP contribution in [-0.4, -0.2) is 25.6 Å². The molecule has 4 rings (SSSR count). The first-order chi connectivity index (χ1) is 15.3. The lowest BCUT2D eigenvalue weighted by Gasteiger charge is -2.11. The highest BCUT2D eigenvalue weighted by Gasteiger charge is 2.31. The number of pyridine rings is 1. The molecule has 0 unspecified atom stereocenters. The second-order valence-electron chi connectivity index (χ2n) is 6.67. The normalized spacial score (nSPS) is 11.3. The second kappa shape index (κ2) is 8.50. The summed E-state index contributed by atoms with van der Waals surface area (Å²) in [6, 6.07) is 15.3. The number of nitrogens with zero attached hydrogens (tertiary/aromatic N) is 3. The summed E-state index contributed by atoms with van der Waals surface area (Å²) in [5.74, 6) is 0.217. The fraction of sp³-hybridized carbons (Fsp3) is 0.0909. The topological polar surface area (TPSA) is 78.5 Å². The van der Waals surface area contributed by atoms with E-state index in [2.05, 4.69) is 9.72 Å². The van der Waals surface area contributed by atoms with Crippen molar-refractivity contribution >= 4 is 0 Å². The molecule has 1 N–H and O–H groups in total. The average Bonchev–Trinajstić information content (AvgIpc) is 3.03. The second-order valence-corrected chi connectivity index (χ2v) is 6.67. The third kappa shape index (κ3) is 4.75. The van der Waals surface area contributed by atoms with Crippen molar-refractivity contribution in [1.29, 1.82) is 0 Å². The highest BCUT2D eigenvalue weighted by molar-refractivity contribution is 5.40. The van der Waals surface area contributed by atoms with E-state index in [1.807, 2.05) is 18.2 Å². The molecular formula is C22H16F3N3O4. The highest BCUT2D eigenvalue weighted by atomic mass is 19.4. The van der Waals surface area contributed by atoms with Crippen LogP contribution in [0.5, 0.6) is 23.1 Å².